The van der Waals surface area contributed by atoms with E-state index in [1.807, 2.05) is 0 Å². The molecule has 11 heteroatoms. The Morgan fingerprint density at radius 1 is 1.26 bits per heavy atom. The summed E-state index contributed by atoms with van der Waals surface area (Å²) in [5.74, 6) is -0.607. The summed E-state index contributed by atoms with van der Waals surface area (Å²) in [7, 11) is -2.41. The Kier molecular flexibility index (Phi) is 7.05. The van der Waals surface area contributed by atoms with E-state index < -0.39 is 34.9 Å². The molecule has 1 aliphatic heterocycles. The highest BCUT2D eigenvalue weighted by molar-refractivity contribution is 7.89. The van der Waals surface area contributed by atoms with Crippen LogP contribution in [0.3, 0.4) is 0 Å². The SMILES string of the molecule is COc1ccc(S(=O)(=O)NN=C2CCN(C(=O)C(F)C(F)CF)CC2)cc1. The summed E-state index contributed by atoms with van der Waals surface area (Å²) in [5, 5.41) is 3.85. The Hall–Kier alpha value is -2.30. The number of likely N-dealkylation sites (tertiary alicyclic amines) is 1. The summed E-state index contributed by atoms with van der Waals surface area (Å²) in [5.41, 5.74) is 0.467. The number of hydrazone groups is 1. The van der Waals surface area contributed by atoms with E-state index in [1.165, 1.54) is 31.4 Å². The van der Waals surface area contributed by atoms with Gasteiger partial charge in [-0.15, -0.1) is 0 Å². The fraction of sp³-hybridized carbons (Fsp3) is 0.500. The maximum atomic E-state index is 13.5. The molecule has 0 bridgehead atoms. The molecule has 0 aromatic heterocycles. The lowest BCUT2D eigenvalue weighted by Gasteiger charge is -2.29. The molecule has 0 saturated carbocycles. The van der Waals surface area contributed by atoms with Gasteiger partial charge in [-0.3, -0.25) is 4.79 Å². The Balaban J connectivity index is 1.93. The predicted molar refractivity (Wildman–Crippen MR) is 92.3 cm³/mol. The number of alkyl halides is 3. The topological polar surface area (TPSA) is 88.1 Å². The van der Waals surface area contributed by atoms with Crippen molar-refractivity contribution in [1.82, 2.24) is 9.73 Å². The monoisotopic (exact) mass is 407 g/mol. The van der Waals surface area contributed by atoms with Crippen LogP contribution in [0, 0.1) is 0 Å². The third-order valence-electron chi connectivity index (χ3n) is 4.05. The Labute approximate surface area is 155 Å². The third-order valence-corrected chi connectivity index (χ3v) is 5.27. The van der Waals surface area contributed by atoms with Crippen LogP contribution < -0.4 is 9.57 Å². The quantitative estimate of drug-likeness (QED) is 0.696. The lowest BCUT2D eigenvalue weighted by molar-refractivity contribution is -0.139. The molecule has 27 heavy (non-hydrogen) atoms. The number of rotatable bonds is 7. The van der Waals surface area contributed by atoms with Gasteiger partial charge in [-0.2, -0.15) is 13.5 Å². The summed E-state index contributed by atoms with van der Waals surface area (Å²) in [6.07, 6.45) is -4.64. The molecule has 1 aliphatic rings. The smallest absolute Gasteiger partial charge is 0.276 e. The van der Waals surface area contributed by atoms with Crippen molar-refractivity contribution in [1.29, 1.82) is 0 Å². The van der Waals surface area contributed by atoms with Crippen molar-refractivity contribution >= 4 is 21.6 Å². The minimum atomic E-state index is -3.87. The van der Waals surface area contributed by atoms with Gasteiger partial charge in [0.05, 0.1) is 12.0 Å². The summed E-state index contributed by atoms with van der Waals surface area (Å²) >= 11 is 0. The van der Waals surface area contributed by atoms with Crippen molar-refractivity contribution in [3.8, 4) is 5.75 Å². The average molecular weight is 407 g/mol. The normalized spacial score (nSPS) is 17.2. The van der Waals surface area contributed by atoms with Gasteiger partial charge in [-0.25, -0.2) is 18.0 Å². The van der Waals surface area contributed by atoms with Crippen molar-refractivity contribution in [3.63, 3.8) is 0 Å². The van der Waals surface area contributed by atoms with Gasteiger partial charge in [0.2, 0.25) is 6.17 Å². The van der Waals surface area contributed by atoms with Gasteiger partial charge in [-0.1, -0.05) is 0 Å². The molecule has 0 radical (unpaired) electrons. The molecule has 1 aromatic rings. The zero-order chi connectivity index (χ0) is 20.0. The first-order valence-corrected chi connectivity index (χ1v) is 9.61. The van der Waals surface area contributed by atoms with Crippen LogP contribution in [0.5, 0.6) is 5.75 Å². The molecule has 1 heterocycles. The first kappa shape index (κ1) is 21.0. The van der Waals surface area contributed by atoms with Gasteiger partial charge < -0.3 is 9.64 Å². The first-order chi connectivity index (χ1) is 12.8. The van der Waals surface area contributed by atoms with Gasteiger partial charge in [0.15, 0.2) is 6.17 Å². The first-order valence-electron chi connectivity index (χ1n) is 8.12. The lowest BCUT2D eigenvalue weighted by Crippen LogP contribution is -2.46. The number of carbonyl (C=O) groups excluding carboxylic acids is 1. The Morgan fingerprint density at radius 3 is 2.37 bits per heavy atom. The number of benzene rings is 1. The van der Waals surface area contributed by atoms with Gasteiger partial charge in [-0.05, 0) is 24.3 Å². The molecule has 1 N–H and O–H groups in total. The zero-order valence-corrected chi connectivity index (χ0v) is 15.4. The van der Waals surface area contributed by atoms with E-state index in [0.29, 0.717) is 11.5 Å². The molecule has 0 aliphatic carbocycles. The molecule has 150 valence electrons. The van der Waals surface area contributed by atoms with Crippen LogP contribution in [0.25, 0.3) is 0 Å². The number of hydrogen-bond acceptors (Lipinski definition) is 5. The number of carbonyl (C=O) groups is 1. The van der Waals surface area contributed by atoms with E-state index in [-0.39, 0.29) is 30.8 Å². The zero-order valence-electron chi connectivity index (χ0n) is 14.6. The minimum Gasteiger partial charge on any atom is -0.497 e. The summed E-state index contributed by atoms with van der Waals surface area (Å²) < 4.78 is 67.9. The minimum absolute atomic E-state index is 0.000690. The Morgan fingerprint density at radius 2 is 1.85 bits per heavy atom. The van der Waals surface area contributed by atoms with Crippen molar-refractivity contribution < 1.29 is 31.1 Å². The number of amides is 1. The van der Waals surface area contributed by atoms with E-state index in [4.69, 9.17) is 4.74 Å². The highest BCUT2D eigenvalue weighted by atomic mass is 32.2. The van der Waals surface area contributed by atoms with Crippen molar-refractivity contribution in [2.45, 2.75) is 30.1 Å². The molecule has 2 rings (SSSR count). The number of piperidine rings is 1. The van der Waals surface area contributed by atoms with Crippen molar-refractivity contribution in [2.75, 3.05) is 26.9 Å². The van der Waals surface area contributed by atoms with E-state index in [2.05, 4.69) is 9.93 Å². The molecule has 1 fully saturated rings. The fourth-order valence-corrected chi connectivity index (χ4v) is 3.29. The number of methoxy groups -OCH3 is 1. The van der Waals surface area contributed by atoms with Gasteiger partial charge in [0, 0.05) is 31.6 Å². The molecule has 2 unspecified atom stereocenters. The molecule has 0 spiro atoms. The van der Waals surface area contributed by atoms with Crippen molar-refractivity contribution in [3.05, 3.63) is 24.3 Å². The molecule has 1 aromatic carbocycles. The largest absolute Gasteiger partial charge is 0.497 e. The summed E-state index contributed by atoms with van der Waals surface area (Å²) in [4.78, 5) is 14.9. The second-order valence-corrected chi connectivity index (χ2v) is 7.51. The number of hydrogen-bond donors (Lipinski definition) is 1. The molecule has 1 saturated heterocycles. The van der Waals surface area contributed by atoms with E-state index in [0.717, 1.165) is 4.90 Å². The van der Waals surface area contributed by atoms with Crippen LogP contribution in [-0.2, 0) is 14.8 Å². The second-order valence-electron chi connectivity index (χ2n) is 5.85. The number of nitrogens with zero attached hydrogens (tertiary/aromatic N) is 2. The highest BCUT2D eigenvalue weighted by Crippen LogP contribution is 2.16. The van der Waals surface area contributed by atoms with E-state index in [9.17, 15) is 26.4 Å². The van der Waals surface area contributed by atoms with Crippen LogP contribution in [0.2, 0.25) is 0 Å². The molecule has 7 nitrogen and oxygen atoms in total. The van der Waals surface area contributed by atoms with Crippen LogP contribution in [0.4, 0.5) is 13.2 Å². The average Bonchev–Trinajstić information content (AvgIpc) is 2.71. The summed E-state index contributed by atoms with van der Waals surface area (Å²) in [6, 6.07) is 5.72. The van der Waals surface area contributed by atoms with E-state index >= 15 is 0 Å². The second kappa shape index (κ2) is 9.07. The van der Waals surface area contributed by atoms with Crippen LogP contribution in [0.1, 0.15) is 12.8 Å². The van der Waals surface area contributed by atoms with Crippen LogP contribution in [-0.4, -0.2) is 64.2 Å². The van der Waals surface area contributed by atoms with Crippen molar-refractivity contribution in [2.24, 2.45) is 5.10 Å². The Bertz CT molecular complexity index is 777. The fourth-order valence-electron chi connectivity index (χ4n) is 2.44. The maximum absolute atomic E-state index is 13.5. The van der Waals surface area contributed by atoms with Crippen LogP contribution in [0.15, 0.2) is 34.3 Å². The van der Waals surface area contributed by atoms with E-state index in [1.54, 1.807) is 0 Å². The standard InChI is InChI=1S/C16H20F3N3O4S/c1-26-12-2-4-13(5-3-12)27(24,25)21-20-11-6-8-22(9-7-11)16(23)15(19)14(18)10-17/h2-5,14-15,21H,6-10H2,1H3. The summed E-state index contributed by atoms with van der Waals surface area (Å²) in [6.45, 7) is -1.48. The highest BCUT2D eigenvalue weighted by Gasteiger charge is 2.33. The molecular formula is C16H20F3N3O4S. The van der Waals surface area contributed by atoms with Gasteiger partial charge in [0.25, 0.3) is 15.9 Å². The molecular weight excluding hydrogens is 387 g/mol. The number of halogens is 3. The van der Waals surface area contributed by atoms with Crippen LogP contribution >= 0.6 is 0 Å². The van der Waals surface area contributed by atoms with Gasteiger partial charge >= 0.3 is 0 Å². The molecule has 1 amide bonds. The third kappa shape index (κ3) is 5.34. The number of nitrogens with one attached hydrogen (secondary N) is 1. The molecule has 2 atom stereocenters. The predicted octanol–water partition coefficient (Wildman–Crippen LogP) is 1.60. The number of ether oxygens (including phenoxy) is 1. The number of sulfonamides is 1. The maximum Gasteiger partial charge on any atom is 0.276 e. The van der Waals surface area contributed by atoms with Gasteiger partial charge in [0.1, 0.15) is 12.4 Å². The lowest BCUT2D eigenvalue weighted by atomic mass is 10.1.